The summed E-state index contributed by atoms with van der Waals surface area (Å²) in [4.78, 5) is 12.1. The van der Waals surface area contributed by atoms with Gasteiger partial charge in [-0.3, -0.25) is 4.79 Å². The predicted molar refractivity (Wildman–Crippen MR) is 76.3 cm³/mol. The molecule has 0 bridgehead atoms. The molecule has 0 radical (unpaired) electrons. The maximum atomic E-state index is 12.1. The minimum absolute atomic E-state index is 0.0192. The van der Waals surface area contributed by atoms with Gasteiger partial charge in [0.2, 0.25) is 0 Å². The number of carbonyl (C=O) groups excluding carboxylic acids is 1. The van der Waals surface area contributed by atoms with Gasteiger partial charge in [-0.1, -0.05) is 27.7 Å². The SMILES string of the molecule is CC(C)CC(C)(C(=O)OCCNS(=O)(=O)C(F)(F)F)C(C)C. The Bertz CT molecular complexity index is 474. The first-order chi connectivity index (χ1) is 9.74. The van der Waals surface area contributed by atoms with Crippen LogP contribution in [0.2, 0.25) is 0 Å². The third-order valence-electron chi connectivity index (χ3n) is 3.50. The molecule has 0 amide bonds. The van der Waals surface area contributed by atoms with Crippen LogP contribution in [0.25, 0.3) is 0 Å². The van der Waals surface area contributed by atoms with Gasteiger partial charge in [0, 0.05) is 6.54 Å². The first-order valence-electron chi connectivity index (χ1n) is 6.97. The minimum atomic E-state index is -5.41. The molecular formula is C13H24F3NO4S. The molecule has 0 aliphatic carbocycles. The van der Waals surface area contributed by atoms with Crippen molar-refractivity contribution in [2.24, 2.45) is 17.3 Å². The molecule has 9 heteroatoms. The van der Waals surface area contributed by atoms with Crippen molar-refractivity contribution >= 4 is 16.0 Å². The number of rotatable bonds is 8. The molecule has 0 aromatic rings. The van der Waals surface area contributed by atoms with Crippen LogP contribution in [0.3, 0.4) is 0 Å². The lowest BCUT2D eigenvalue weighted by atomic mass is 9.73. The Balaban J connectivity index is 4.56. The third-order valence-corrected chi connectivity index (χ3v) is 4.70. The van der Waals surface area contributed by atoms with Gasteiger partial charge in [0.05, 0.1) is 5.41 Å². The number of nitrogens with one attached hydrogen (secondary N) is 1. The van der Waals surface area contributed by atoms with Crippen LogP contribution in [-0.2, 0) is 19.6 Å². The summed E-state index contributed by atoms with van der Waals surface area (Å²) in [7, 11) is -5.41. The van der Waals surface area contributed by atoms with Gasteiger partial charge < -0.3 is 4.74 Å². The average molecular weight is 347 g/mol. The van der Waals surface area contributed by atoms with Crippen molar-refractivity contribution < 1.29 is 31.1 Å². The maximum Gasteiger partial charge on any atom is 0.511 e. The molecule has 1 atom stereocenters. The number of ether oxygens (including phenoxy) is 1. The standard InChI is InChI=1S/C13H24F3NO4S/c1-9(2)8-12(5,10(3)4)11(18)21-7-6-17-22(19,20)13(14,15)16/h9-10,17H,6-8H2,1-5H3. The zero-order valence-corrected chi connectivity index (χ0v) is 14.3. The van der Waals surface area contributed by atoms with Gasteiger partial charge in [0.15, 0.2) is 0 Å². The van der Waals surface area contributed by atoms with Crippen LogP contribution in [0, 0.1) is 17.3 Å². The van der Waals surface area contributed by atoms with Crippen LogP contribution in [-0.4, -0.2) is 33.0 Å². The monoisotopic (exact) mass is 347 g/mol. The zero-order chi connectivity index (χ0) is 17.8. The normalized spacial score (nSPS) is 15.9. The second kappa shape index (κ2) is 7.63. The van der Waals surface area contributed by atoms with Crippen molar-refractivity contribution in [2.75, 3.05) is 13.2 Å². The number of esters is 1. The molecule has 1 N–H and O–H groups in total. The van der Waals surface area contributed by atoms with E-state index in [0.29, 0.717) is 6.42 Å². The highest BCUT2D eigenvalue weighted by atomic mass is 32.2. The van der Waals surface area contributed by atoms with E-state index in [9.17, 15) is 26.4 Å². The van der Waals surface area contributed by atoms with Gasteiger partial charge >= 0.3 is 21.5 Å². The quantitative estimate of drug-likeness (QED) is 0.541. The zero-order valence-electron chi connectivity index (χ0n) is 13.5. The second-order valence-electron chi connectivity index (χ2n) is 6.15. The second-order valence-corrected chi connectivity index (χ2v) is 7.91. The summed E-state index contributed by atoms with van der Waals surface area (Å²) in [6.45, 7) is 8.28. The highest BCUT2D eigenvalue weighted by Crippen LogP contribution is 2.35. The van der Waals surface area contributed by atoms with E-state index in [0.717, 1.165) is 0 Å². The van der Waals surface area contributed by atoms with E-state index in [1.165, 1.54) is 4.72 Å². The highest BCUT2D eigenvalue weighted by Gasteiger charge is 2.45. The molecule has 0 aromatic heterocycles. The van der Waals surface area contributed by atoms with E-state index < -0.39 is 40.1 Å². The Labute approximate surface area is 129 Å². The van der Waals surface area contributed by atoms with E-state index in [1.807, 2.05) is 27.7 Å². The number of hydrogen-bond acceptors (Lipinski definition) is 4. The molecule has 0 saturated carbocycles. The molecule has 5 nitrogen and oxygen atoms in total. The number of carbonyl (C=O) groups is 1. The number of hydrogen-bond donors (Lipinski definition) is 1. The van der Waals surface area contributed by atoms with Crippen molar-refractivity contribution in [3.05, 3.63) is 0 Å². The molecule has 0 aliphatic heterocycles. The van der Waals surface area contributed by atoms with Crippen LogP contribution >= 0.6 is 0 Å². The van der Waals surface area contributed by atoms with Gasteiger partial charge in [-0.2, -0.15) is 13.2 Å². The van der Waals surface area contributed by atoms with Crippen LogP contribution in [0.5, 0.6) is 0 Å². The first kappa shape index (κ1) is 21.2. The molecule has 0 rings (SSSR count). The van der Waals surface area contributed by atoms with Gasteiger partial charge in [0.25, 0.3) is 0 Å². The molecule has 0 aliphatic rings. The average Bonchev–Trinajstić information content (AvgIpc) is 2.31. The van der Waals surface area contributed by atoms with Crippen LogP contribution in [0.4, 0.5) is 13.2 Å². The molecule has 0 saturated heterocycles. The van der Waals surface area contributed by atoms with Crippen LogP contribution < -0.4 is 4.72 Å². The topological polar surface area (TPSA) is 72.5 Å². The van der Waals surface area contributed by atoms with Gasteiger partial charge in [0.1, 0.15) is 6.61 Å². The molecule has 1 unspecified atom stereocenters. The molecule has 132 valence electrons. The molecule has 0 fully saturated rings. The largest absolute Gasteiger partial charge is 0.511 e. The Morgan fingerprint density at radius 2 is 1.68 bits per heavy atom. The Morgan fingerprint density at radius 3 is 2.05 bits per heavy atom. The van der Waals surface area contributed by atoms with Crippen LogP contribution in [0.1, 0.15) is 41.0 Å². The number of alkyl halides is 3. The molecule has 0 heterocycles. The van der Waals surface area contributed by atoms with Crippen molar-refractivity contribution in [1.82, 2.24) is 4.72 Å². The van der Waals surface area contributed by atoms with Crippen molar-refractivity contribution in [3.63, 3.8) is 0 Å². The Hall–Kier alpha value is -0.830. The first-order valence-corrected chi connectivity index (χ1v) is 8.45. The summed E-state index contributed by atoms with van der Waals surface area (Å²) in [5, 5.41) is 0. The van der Waals surface area contributed by atoms with E-state index in [1.54, 1.807) is 6.92 Å². The summed E-state index contributed by atoms with van der Waals surface area (Å²) in [6.07, 6.45) is 0.567. The fraction of sp³-hybridized carbons (Fsp3) is 0.923. The fourth-order valence-corrected chi connectivity index (χ4v) is 2.48. The molecule has 0 aromatic carbocycles. The van der Waals surface area contributed by atoms with E-state index in [4.69, 9.17) is 4.74 Å². The third kappa shape index (κ3) is 5.75. The van der Waals surface area contributed by atoms with Gasteiger partial charge in [-0.25, -0.2) is 13.1 Å². The minimum Gasteiger partial charge on any atom is -0.464 e. The number of halogens is 3. The van der Waals surface area contributed by atoms with Crippen molar-refractivity contribution in [3.8, 4) is 0 Å². The lowest BCUT2D eigenvalue weighted by Gasteiger charge is -2.32. The summed E-state index contributed by atoms with van der Waals surface area (Å²) >= 11 is 0. The van der Waals surface area contributed by atoms with Crippen LogP contribution in [0.15, 0.2) is 0 Å². The Morgan fingerprint density at radius 1 is 1.18 bits per heavy atom. The lowest BCUT2D eigenvalue weighted by molar-refractivity contribution is -0.158. The van der Waals surface area contributed by atoms with Gasteiger partial charge in [-0.05, 0) is 25.2 Å². The van der Waals surface area contributed by atoms with Crippen molar-refractivity contribution in [2.45, 2.75) is 46.5 Å². The predicted octanol–water partition coefficient (Wildman–Crippen LogP) is 2.68. The Kier molecular flexibility index (Phi) is 7.34. The maximum absolute atomic E-state index is 12.1. The summed E-state index contributed by atoms with van der Waals surface area (Å²) < 4.78 is 64.1. The summed E-state index contributed by atoms with van der Waals surface area (Å²) in [5.74, 6) is -0.319. The lowest BCUT2D eigenvalue weighted by Crippen LogP contribution is -2.40. The van der Waals surface area contributed by atoms with Crippen molar-refractivity contribution in [1.29, 1.82) is 0 Å². The fourth-order valence-electron chi connectivity index (χ4n) is 1.97. The molecule has 0 spiro atoms. The van der Waals surface area contributed by atoms with E-state index in [-0.39, 0.29) is 11.8 Å². The smallest absolute Gasteiger partial charge is 0.464 e. The summed E-state index contributed by atoms with van der Waals surface area (Å²) in [6, 6.07) is 0. The molecule has 22 heavy (non-hydrogen) atoms. The highest BCUT2D eigenvalue weighted by molar-refractivity contribution is 7.90. The summed E-state index contributed by atoms with van der Waals surface area (Å²) in [5.41, 5.74) is -6.14. The van der Waals surface area contributed by atoms with E-state index >= 15 is 0 Å². The number of sulfonamides is 1. The van der Waals surface area contributed by atoms with E-state index in [2.05, 4.69) is 0 Å². The molecular weight excluding hydrogens is 323 g/mol. The van der Waals surface area contributed by atoms with Gasteiger partial charge in [-0.15, -0.1) is 0 Å².